The standard InChI is InChI=1S/C27H34N2O6/c1-3-18(12-13-25(30)31)14-15-28-26(32)24(34-2)16-29-27(33)35-17-23-21-10-6-4-8-19(21)20-9-5-7-11-22(20)23/h4-11,18,23-24H,3,12-17H2,1-2H3,(H,28,32)(H,29,33)(H,30,31). The van der Waals surface area contributed by atoms with E-state index in [0.717, 1.165) is 28.7 Å². The maximum Gasteiger partial charge on any atom is 0.407 e. The van der Waals surface area contributed by atoms with E-state index in [1.165, 1.54) is 7.11 Å². The van der Waals surface area contributed by atoms with Crippen molar-refractivity contribution < 1.29 is 29.0 Å². The monoisotopic (exact) mass is 482 g/mol. The summed E-state index contributed by atoms with van der Waals surface area (Å²) in [5, 5.41) is 14.3. The minimum atomic E-state index is -0.852. The normalized spacial score (nSPS) is 13.9. The zero-order valence-electron chi connectivity index (χ0n) is 20.3. The molecule has 2 unspecified atom stereocenters. The summed E-state index contributed by atoms with van der Waals surface area (Å²) in [5.41, 5.74) is 4.57. The largest absolute Gasteiger partial charge is 0.481 e. The first kappa shape index (κ1) is 26.2. The minimum Gasteiger partial charge on any atom is -0.481 e. The molecule has 2 amide bonds. The number of benzene rings is 2. The van der Waals surface area contributed by atoms with E-state index >= 15 is 0 Å². The van der Waals surface area contributed by atoms with Crippen molar-refractivity contribution in [1.29, 1.82) is 0 Å². The molecule has 2 aromatic carbocycles. The van der Waals surface area contributed by atoms with Crippen LogP contribution in [0.4, 0.5) is 4.79 Å². The summed E-state index contributed by atoms with van der Waals surface area (Å²) >= 11 is 0. The Morgan fingerprint density at radius 1 is 0.971 bits per heavy atom. The number of hydrogen-bond donors (Lipinski definition) is 3. The van der Waals surface area contributed by atoms with Crippen LogP contribution in [0.25, 0.3) is 11.1 Å². The smallest absolute Gasteiger partial charge is 0.407 e. The summed E-state index contributed by atoms with van der Waals surface area (Å²) in [6.45, 7) is 2.60. The molecule has 3 N–H and O–H groups in total. The van der Waals surface area contributed by atoms with Gasteiger partial charge in [-0.25, -0.2) is 4.79 Å². The van der Waals surface area contributed by atoms with Gasteiger partial charge in [0.25, 0.3) is 5.91 Å². The van der Waals surface area contributed by atoms with E-state index in [9.17, 15) is 14.4 Å². The summed E-state index contributed by atoms with van der Waals surface area (Å²) in [6, 6.07) is 16.2. The van der Waals surface area contributed by atoms with Crippen LogP contribution in [0, 0.1) is 5.92 Å². The second-order valence-corrected chi connectivity index (χ2v) is 8.72. The molecule has 2 aromatic rings. The molecule has 0 fully saturated rings. The van der Waals surface area contributed by atoms with E-state index in [2.05, 4.69) is 34.9 Å². The van der Waals surface area contributed by atoms with Crippen LogP contribution in [0.3, 0.4) is 0 Å². The van der Waals surface area contributed by atoms with E-state index in [1.807, 2.05) is 31.2 Å². The van der Waals surface area contributed by atoms with Crippen LogP contribution in [0.2, 0.25) is 0 Å². The molecule has 8 nitrogen and oxygen atoms in total. The Kier molecular flexibility index (Phi) is 9.66. The minimum absolute atomic E-state index is 0.0186. The summed E-state index contributed by atoms with van der Waals surface area (Å²) in [5.74, 6) is -0.959. The lowest BCUT2D eigenvalue weighted by Crippen LogP contribution is -2.44. The van der Waals surface area contributed by atoms with Gasteiger partial charge in [-0.1, -0.05) is 61.9 Å². The van der Waals surface area contributed by atoms with Gasteiger partial charge in [0.05, 0.1) is 6.54 Å². The van der Waals surface area contributed by atoms with Crippen molar-refractivity contribution in [3.8, 4) is 11.1 Å². The Bertz CT molecular complexity index is 979. The molecule has 0 heterocycles. The van der Waals surface area contributed by atoms with Crippen molar-refractivity contribution in [2.75, 3.05) is 26.8 Å². The molecule has 0 aromatic heterocycles. The van der Waals surface area contributed by atoms with Crippen LogP contribution in [-0.2, 0) is 19.1 Å². The summed E-state index contributed by atoms with van der Waals surface area (Å²) < 4.78 is 10.7. The fourth-order valence-corrected chi connectivity index (χ4v) is 4.50. The van der Waals surface area contributed by atoms with Gasteiger partial charge in [0.15, 0.2) is 6.10 Å². The topological polar surface area (TPSA) is 114 Å². The molecule has 8 heteroatoms. The molecule has 0 spiro atoms. The highest BCUT2D eigenvalue weighted by atomic mass is 16.5. The number of carboxylic acids is 1. The molecule has 35 heavy (non-hydrogen) atoms. The zero-order valence-corrected chi connectivity index (χ0v) is 20.3. The number of nitrogens with one attached hydrogen (secondary N) is 2. The van der Waals surface area contributed by atoms with Gasteiger partial charge in [-0.3, -0.25) is 9.59 Å². The van der Waals surface area contributed by atoms with E-state index < -0.39 is 18.2 Å². The third kappa shape index (κ3) is 7.05. The molecular weight excluding hydrogens is 448 g/mol. The second kappa shape index (κ2) is 12.9. The van der Waals surface area contributed by atoms with Crippen LogP contribution < -0.4 is 10.6 Å². The zero-order chi connectivity index (χ0) is 25.2. The number of aliphatic carboxylic acids is 1. The molecule has 1 aliphatic rings. The van der Waals surface area contributed by atoms with Crippen LogP contribution in [0.5, 0.6) is 0 Å². The second-order valence-electron chi connectivity index (χ2n) is 8.72. The Labute approximate surface area is 206 Å². The predicted octanol–water partition coefficient (Wildman–Crippen LogP) is 3.94. The highest BCUT2D eigenvalue weighted by molar-refractivity contribution is 5.82. The average Bonchev–Trinajstić information content (AvgIpc) is 3.18. The highest BCUT2D eigenvalue weighted by Crippen LogP contribution is 2.44. The number of carbonyl (C=O) groups excluding carboxylic acids is 2. The predicted molar refractivity (Wildman–Crippen MR) is 132 cm³/mol. The van der Waals surface area contributed by atoms with Crippen LogP contribution in [-0.4, -0.2) is 56.0 Å². The van der Waals surface area contributed by atoms with Gasteiger partial charge in [0.1, 0.15) is 6.61 Å². The van der Waals surface area contributed by atoms with Gasteiger partial charge in [-0.15, -0.1) is 0 Å². The number of ether oxygens (including phenoxy) is 2. The number of amides is 2. The number of hydrogen-bond acceptors (Lipinski definition) is 5. The molecular formula is C27H34N2O6. The number of carbonyl (C=O) groups is 3. The van der Waals surface area contributed by atoms with Crippen LogP contribution >= 0.6 is 0 Å². The number of fused-ring (bicyclic) bond motifs is 3. The maximum absolute atomic E-state index is 12.4. The Morgan fingerprint density at radius 3 is 2.17 bits per heavy atom. The molecule has 1 aliphatic carbocycles. The van der Waals surface area contributed by atoms with Gasteiger partial charge in [0.2, 0.25) is 0 Å². The van der Waals surface area contributed by atoms with E-state index in [-0.39, 0.29) is 37.3 Å². The molecule has 0 saturated heterocycles. The van der Waals surface area contributed by atoms with Crippen molar-refractivity contribution in [2.24, 2.45) is 5.92 Å². The number of methoxy groups -OCH3 is 1. The first-order chi connectivity index (χ1) is 16.9. The molecule has 0 bridgehead atoms. The third-order valence-corrected chi connectivity index (χ3v) is 6.55. The maximum atomic E-state index is 12.4. The molecule has 0 saturated carbocycles. The van der Waals surface area contributed by atoms with Crippen molar-refractivity contribution in [2.45, 2.75) is 44.6 Å². The lowest BCUT2D eigenvalue weighted by molar-refractivity contribution is -0.137. The number of carboxylic acid groups (broad SMARTS) is 1. The van der Waals surface area contributed by atoms with Gasteiger partial charge >= 0.3 is 12.1 Å². The van der Waals surface area contributed by atoms with Crippen molar-refractivity contribution in [3.05, 3.63) is 59.7 Å². The number of alkyl carbamates (subject to hydrolysis) is 1. The van der Waals surface area contributed by atoms with Crippen LogP contribution in [0.15, 0.2) is 48.5 Å². The lowest BCUT2D eigenvalue weighted by atomic mass is 9.96. The van der Waals surface area contributed by atoms with Gasteiger partial charge in [0, 0.05) is 26.0 Å². The lowest BCUT2D eigenvalue weighted by Gasteiger charge is -2.19. The molecule has 188 valence electrons. The van der Waals surface area contributed by atoms with Crippen molar-refractivity contribution in [1.82, 2.24) is 10.6 Å². The molecule has 0 radical (unpaired) electrons. The van der Waals surface area contributed by atoms with E-state index in [0.29, 0.717) is 19.4 Å². The fourth-order valence-electron chi connectivity index (χ4n) is 4.50. The van der Waals surface area contributed by atoms with Gasteiger partial charge in [-0.05, 0) is 41.0 Å². The molecule has 3 rings (SSSR count). The Hall–Kier alpha value is -3.39. The molecule has 2 atom stereocenters. The quantitative estimate of drug-likeness (QED) is 0.399. The van der Waals surface area contributed by atoms with Crippen molar-refractivity contribution in [3.63, 3.8) is 0 Å². The third-order valence-electron chi connectivity index (χ3n) is 6.55. The van der Waals surface area contributed by atoms with Gasteiger partial charge < -0.3 is 25.2 Å². The average molecular weight is 483 g/mol. The summed E-state index contributed by atoms with van der Waals surface area (Å²) in [7, 11) is 1.41. The first-order valence-electron chi connectivity index (χ1n) is 12.1. The van der Waals surface area contributed by atoms with E-state index in [4.69, 9.17) is 14.6 Å². The SMILES string of the molecule is CCC(CCNC(=O)C(CNC(=O)OCC1c2ccccc2-c2ccccc21)OC)CCC(=O)O. The van der Waals surface area contributed by atoms with E-state index in [1.54, 1.807) is 0 Å². The Balaban J connectivity index is 1.44. The summed E-state index contributed by atoms with van der Waals surface area (Å²) in [6.07, 6.45) is 0.776. The molecule has 0 aliphatic heterocycles. The van der Waals surface area contributed by atoms with Crippen molar-refractivity contribution >= 4 is 18.0 Å². The Morgan fingerprint density at radius 2 is 1.60 bits per heavy atom. The van der Waals surface area contributed by atoms with Crippen LogP contribution in [0.1, 0.15) is 49.7 Å². The fraction of sp³-hybridized carbons (Fsp3) is 0.444. The summed E-state index contributed by atoms with van der Waals surface area (Å²) in [4.78, 5) is 35.6. The van der Waals surface area contributed by atoms with Gasteiger partial charge in [-0.2, -0.15) is 0 Å². The highest BCUT2D eigenvalue weighted by Gasteiger charge is 2.29. The number of rotatable bonds is 13. The first-order valence-corrected chi connectivity index (χ1v) is 12.1.